The molecule has 9 heterocycles. The largest absolute Gasteiger partial charge is 0.573 e. The highest BCUT2D eigenvalue weighted by Crippen LogP contribution is 2.47. The normalized spacial score (nSPS) is 14.0. The Morgan fingerprint density at radius 2 is 0.674 bits per heavy atom. The summed E-state index contributed by atoms with van der Waals surface area (Å²) < 4.78 is 169. The van der Waals surface area contributed by atoms with Crippen molar-refractivity contribution in [2.45, 2.75) is 125 Å². The minimum Gasteiger partial charge on any atom is -0.493 e. The number of ether oxygens (including phenoxy) is 2. The van der Waals surface area contributed by atoms with Crippen LogP contribution in [0.2, 0.25) is 0 Å². The highest BCUT2D eigenvalue weighted by Gasteiger charge is 2.40. The zero-order valence-electron chi connectivity index (χ0n) is 73.5. The van der Waals surface area contributed by atoms with Crippen LogP contribution < -0.4 is 36.3 Å². The van der Waals surface area contributed by atoms with Gasteiger partial charge in [0.25, 0.3) is 5.56 Å². The molecule has 0 spiro atoms. The Bertz CT molecular complexity index is 6880. The van der Waals surface area contributed by atoms with E-state index >= 15 is 0 Å². The monoisotopic (exact) mass is 1840 g/mol. The topological polar surface area (TPSA) is 266 Å². The molecule has 0 unspecified atom stereocenters. The van der Waals surface area contributed by atoms with Gasteiger partial charge < -0.3 is 30.7 Å². The van der Waals surface area contributed by atoms with Crippen molar-refractivity contribution < 1.29 is 81.3 Å². The molecule has 0 bridgehead atoms. The molecule has 1 aliphatic carbocycles. The van der Waals surface area contributed by atoms with E-state index in [1.807, 2.05) is 180 Å². The van der Waals surface area contributed by atoms with Gasteiger partial charge in [0, 0.05) is 71.5 Å². The van der Waals surface area contributed by atoms with E-state index in [-0.39, 0.29) is 102 Å². The summed E-state index contributed by atoms with van der Waals surface area (Å²) in [6.45, 7) is 13.1. The van der Waals surface area contributed by atoms with E-state index in [4.69, 9.17) is 4.74 Å². The van der Waals surface area contributed by atoms with Crippen molar-refractivity contribution in [1.82, 2.24) is 24.9 Å². The van der Waals surface area contributed by atoms with E-state index in [0.29, 0.717) is 45.8 Å². The number of aromatic nitrogens is 5. The number of carbonyl (C=O) groups is 4. The van der Waals surface area contributed by atoms with Gasteiger partial charge in [-0.15, -0.1) is 13.2 Å². The maximum absolute atomic E-state index is 13.7. The summed E-state index contributed by atoms with van der Waals surface area (Å²) >= 11 is 0. The first kappa shape index (κ1) is 95.6. The number of hydrogen-bond donors (Lipinski definition) is 4. The Morgan fingerprint density at radius 3 is 1.04 bits per heavy atom. The summed E-state index contributed by atoms with van der Waals surface area (Å²) in [5.74, 6) is -2.00. The molecule has 5 aromatic heterocycles. The molecule has 32 heteroatoms. The fourth-order valence-electron chi connectivity index (χ4n) is 15.2. The van der Waals surface area contributed by atoms with Gasteiger partial charge >= 0.3 is 24.9 Å². The molecule has 20 nitrogen and oxygen atoms in total. The molecule has 0 saturated heterocycles. The average Bonchev–Trinajstić information content (AvgIpc) is 1.74. The minimum atomic E-state index is -4.82. The Balaban J connectivity index is 0.000000140. The number of aliphatic imine (C=N–C) groups is 4. The molecule has 5 aliphatic rings. The Labute approximate surface area is 767 Å². The summed E-state index contributed by atoms with van der Waals surface area (Å²) in [5, 5.41) is 10.3. The van der Waals surface area contributed by atoms with Gasteiger partial charge in [0.1, 0.15) is 11.5 Å². The number of fused-ring (bicyclic) bond motifs is 4. The number of alkyl halides is 12. The maximum Gasteiger partial charge on any atom is 0.573 e. The number of nitrogens with one attached hydrogen (secondary N) is 4. The van der Waals surface area contributed by atoms with Crippen molar-refractivity contribution >= 4 is 92.0 Å². The van der Waals surface area contributed by atoms with E-state index < -0.39 is 65.1 Å². The summed E-state index contributed by atoms with van der Waals surface area (Å²) in [6.07, 6.45) is -9.59. The fourth-order valence-corrected chi connectivity index (χ4v) is 15.2. The van der Waals surface area contributed by atoms with Crippen molar-refractivity contribution in [1.29, 1.82) is 0 Å². The number of anilines is 4. The van der Waals surface area contributed by atoms with Crippen molar-refractivity contribution in [3.8, 4) is 56.0 Å². The summed E-state index contributed by atoms with van der Waals surface area (Å²) in [4.78, 5) is 99.1. The first-order valence-electron chi connectivity index (χ1n) is 42.6. The number of benzene rings is 8. The van der Waals surface area contributed by atoms with Gasteiger partial charge in [0.2, 0.25) is 23.6 Å². The highest BCUT2D eigenvalue weighted by atomic mass is 19.4. The van der Waals surface area contributed by atoms with E-state index in [9.17, 15) is 76.7 Å². The standard InChI is InChI=1S/C26H22F3N3O2.C25H22F3N3O.C24H20F3N3O.C22H16F3N3O2.C6H5NO/c1-15-9-18(7-8-30-15)17-3-2-4-19(10-17)21-13-25(33)32-22-11-20(26(27,28)29)24(12-23(22)31-21)34-14-16-5-6-16;1-4-16-11-22-23(12-20(16)25(26,27)28)31-24(32)13-21(30-22)18-7-5-6-17(10-18)19-8-14(2)29-15(3)9-19;1-3-15-11-21-22(12-19(15)24(25,26)27)30-23(31)13-20(29-21)18-6-4-5-16(10-18)17-7-8-28-14(2)9-17;1-13-9-15(7-8-26-13)14-3-2-4-16(10-14)19-12-21(29)28-20-11-17(30-22(23,24)25)5-6-18(20)27-19;8-6-4-2-1-3-5-7-6/h2-4,7-12,16H,5-6,13-14H2,1H3,(H,32,33);5-12H,4,13H2,1-3H3,(H,31,32);4-12H,3,13H2,1-2H3,(H,30,31);2-11H,12H2,1H3,(H,28,29);1-5H. The van der Waals surface area contributed by atoms with Crippen LogP contribution in [0.15, 0.2) is 274 Å². The van der Waals surface area contributed by atoms with E-state index in [1.54, 1.807) is 50.6 Å². The van der Waals surface area contributed by atoms with Gasteiger partial charge in [-0.25, -0.2) is 9.98 Å². The van der Waals surface area contributed by atoms with Crippen molar-refractivity contribution in [3.63, 3.8) is 0 Å². The zero-order valence-corrected chi connectivity index (χ0v) is 73.5. The predicted octanol–water partition coefficient (Wildman–Crippen LogP) is 24.7. The number of aryl methyl sites for hydroxylation is 7. The number of rotatable bonds is 14. The summed E-state index contributed by atoms with van der Waals surface area (Å²) in [6, 6.07) is 63.1. The lowest BCUT2D eigenvalue weighted by Crippen LogP contribution is -2.17. The van der Waals surface area contributed by atoms with Crippen LogP contribution in [0.3, 0.4) is 0 Å². The quantitative estimate of drug-likeness (QED) is 0.0741. The van der Waals surface area contributed by atoms with Crippen molar-refractivity contribution in [2.24, 2.45) is 25.9 Å². The van der Waals surface area contributed by atoms with Gasteiger partial charge in [0.05, 0.1) is 117 Å². The molecular formula is C103H85F12N13O7. The lowest BCUT2D eigenvalue weighted by Gasteiger charge is -2.16. The van der Waals surface area contributed by atoms with Gasteiger partial charge in [-0.1, -0.05) is 98.8 Å². The van der Waals surface area contributed by atoms with Gasteiger partial charge in [-0.05, 0) is 265 Å². The summed E-state index contributed by atoms with van der Waals surface area (Å²) in [5.41, 5.74) is 16.4. The second-order valence-electron chi connectivity index (χ2n) is 32.1. The molecule has 8 aromatic carbocycles. The molecule has 0 radical (unpaired) electrons. The number of pyridine rings is 4. The first-order valence-corrected chi connectivity index (χ1v) is 42.6. The van der Waals surface area contributed by atoms with Crippen LogP contribution in [0.5, 0.6) is 11.5 Å². The third-order valence-electron chi connectivity index (χ3n) is 21.7. The second kappa shape index (κ2) is 41.1. The molecule has 1 saturated carbocycles. The molecule has 18 rings (SSSR count). The minimum absolute atomic E-state index is 0.0109. The van der Waals surface area contributed by atoms with E-state index in [2.05, 4.69) is 70.9 Å². The lowest BCUT2D eigenvalue weighted by molar-refractivity contribution is -0.274. The predicted molar refractivity (Wildman–Crippen MR) is 495 cm³/mol. The van der Waals surface area contributed by atoms with E-state index in [0.717, 1.165) is 132 Å². The molecule has 4 N–H and O–H groups in total. The van der Waals surface area contributed by atoms with Crippen LogP contribution in [-0.4, -0.2) is 84.4 Å². The van der Waals surface area contributed by atoms with Crippen LogP contribution in [-0.2, 0) is 50.5 Å². The van der Waals surface area contributed by atoms with Crippen molar-refractivity contribution in [2.75, 3.05) is 27.9 Å². The lowest BCUT2D eigenvalue weighted by atomic mass is 9.99. The van der Waals surface area contributed by atoms with Crippen LogP contribution in [0.4, 0.5) is 98.2 Å². The molecule has 4 aliphatic heterocycles. The number of nitrogens with zero attached hydrogens (tertiary/aromatic N) is 9. The smallest absolute Gasteiger partial charge is 0.493 e. The van der Waals surface area contributed by atoms with Crippen LogP contribution in [0.25, 0.3) is 44.5 Å². The molecule has 4 amide bonds. The highest BCUT2D eigenvalue weighted by molar-refractivity contribution is 6.20. The molecule has 0 atom stereocenters. The van der Waals surface area contributed by atoms with E-state index in [1.165, 1.54) is 42.6 Å². The zero-order chi connectivity index (χ0) is 96.2. The molecule has 13 aromatic rings. The average molecular weight is 1840 g/mol. The SMILES string of the molecule is CCc1cc2c(cc1C(F)(F)F)NC(=O)CC(c1cccc(-c3cc(C)nc(C)c3)c1)=N2.CCc1cc2c(cc1C(F)(F)F)NC(=O)CC(c1cccc(-c3ccnc(C)c3)c1)=N2.Cc1cc(-c2cccc(C3=Nc4cc(OCC5CC5)c(C(F)(F)F)cc4NC(=O)C3)c2)ccn1.Cc1cc(-c2cccc(C3=Nc4ccc(OC(F)(F)F)cc4NC(=O)C3)c2)ccn1.O=c1cccccn1. The van der Waals surface area contributed by atoms with Gasteiger partial charge in [-0.2, -0.15) is 39.5 Å². The first-order chi connectivity index (χ1) is 64.3. The van der Waals surface area contributed by atoms with Crippen LogP contribution in [0, 0.1) is 40.5 Å². The summed E-state index contributed by atoms with van der Waals surface area (Å²) in [7, 11) is 0. The Hall–Kier alpha value is -15.5. The molecule has 1 fully saturated rings. The number of hydrogen-bond acceptors (Lipinski definition) is 16. The van der Waals surface area contributed by atoms with Crippen LogP contribution >= 0.6 is 0 Å². The fraction of sp³-hybridized carbons (Fsp3) is 0.204. The van der Waals surface area contributed by atoms with Gasteiger partial charge in [0.15, 0.2) is 0 Å². The number of carbonyl (C=O) groups excluding carboxylic acids is 4. The number of amides is 4. The third-order valence-corrected chi connectivity index (χ3v) is 21.7. The molecule has 688 valence electrons. The number of halogens is 12. The van der Waals surface area contributed by atoms with Crippen LogP contribution in [0.1, 0.15) is 131 Å². The Kier molecular flexibility index (Phi) is 29.1. The second-order valence-corrected chi connectivity index (χ2v) is 32.1. The molecular weight excluding hydrogens is 1760 g/mol. The van der Waals surface area contributed by atoms with Crippen molar-refractivity contribution in [3.05, 3.63) is 338 Å². The molecule has 135 heavy (non-hydrogen) atoms. The third kappa shape index (κ3) is 25.4. The Morgan fingerprint density at radius 1 is 0.326 bits per heavy atom. The van der Waals surface area contributed by atoms with Gasteiger partial charge in [-0.3, -0.25) is 58.9 Å². The maximum atomic E-state index is 13.7.